The Balaban J connectivity index is 1.97. The molecule has 2 aromatic rings. The molecule has 4 heteroatoms. The molecule has 17 heavy (non-hydrogen) atoms. The van der Waals surface area contributed by atoms with Gasteiger partial charge in [-0.25, -0.2) is 0 Å². The van der Waals surface area contributed by atoms with Gasteiger partial charge >= 0.3 is 0 Å². The van der Waals surface area contributed by atoms with Crippen LogP contribution in [0.25, 0.3) is 0 Å². The van der Waals surface area contributed by atoms with Crippen molar-refractivity contribution in [2.45, 2.75) is 32.9 Å². The lowest BCUT2D eigenvalue weighted by Gasteiger charge is -2.15. The molecule has 1 atom stereocenters. The fourth-order valence-corrected chi connectivity index (χ4v) is 1.81. The first-order valence-electron chi connectivity index (χ1n) is 5.87. The first-order chi connectivity index (χ1) is 8.29. The van der Waals surface area contributed by atoms with Crippen molar-refractivity contribution >= 4 is 0 Å². The molecule has 0 saturated heterocycles. The number of hydrogen-bond donors (Lipinski definition) is 1. The number of hydrogen-bond acceptors (Lipinski definition) is 4. The van der Waals surface area contributed by atoms with Gasteiger partial charge in [0.05, 0.1) is 6.54 Å². The Kier molecular flexibility index (Phi) is 3.88. The van der Waals surface area contributed by atoms with Crippen LogP contribution in [0.5, 0.6) is 0 Å². The van der Waals surface area contributed by atoms with Gasteiger partial charge < -0.3 is 9.84 Å². The summed E-state index contributed by atoms with van der Waals surface area (Å²) in [5.41, 5.74) is 1.28. The summed E-state index contributed by atoms with van der Waals surface area (Å²) in [5.74, 6) is 1.31. The summed E-state index contributed by atoms with van der Waals surface area (Å²) in [4.78, 5) is 4.17. The molecule has 0 aliphatic heterocycles. The number of benzene rings is 1. The molecule has 1 N–H and O–H groups in total. The van der Waals surface area contributed by atoms with Crippen molar-refractivity contribution in [1.29, 1.82) is 0 Å². The maximum absolute atomic E-state index is 5.07. The van der Waals surface area contributed by atoms with Gasteiger partial charge in [-0.05, 0) is 18.9 Å². The fraction of sp³-hybridized carbons (Fsp3) is 0.385. The van der Waals surface area contributed by atoms with E-state index in [4.69, 9.17) is 4.52 Å². The molecule has 0 amide bonds. The Labute approximate surface area is 101 Å². The lowest BCUT2D eigenvalue weighted by Crippen LogP contribution is -2.20. The minimum absolute atomic E-state index is 0.323. The second-order valence-electron chi connectivity index (χ2n) is 3.99. The van der Waals surface area contributed by atoms with Gasteiger partial charge in [-0.3, -0.25) is 0 Å². The van der Waals surface area contributed by atoms with E-state index < -0.39 is 0 Å². The molecule has 0 fully saturated rings. The molecule has 0 spiro atoms. The highest BCUT2D eigenvalue weighted by atomic mass is 16.5. The number of rotatable bonds is 5. The highest BCUT2D eigenvalue weighted by Gasteiger charge is 2.10. The Morgan fingerprint density at radius 2 is 2.06 bits per heavy atom. The van der Waals surface area contributed by atoms with Gasteiger partial charge in [0.15, 0.2) is 5.82 Å². The van der Waals surface area contributed by atoms with Gasteiger partial charge in [-0.2, -0.15) is 4.98 Å². The van der Waals surface area contributed by atoms with Crippen molar-refractivity contribution in [3.63, 3.8) is 0 Å². The minimum atomic E-state index is 0.323. The summed E-state index contributed by atoms with van der Waals surface area (Å²) < 4.78 is 5.07. The molecule has 4 nitrogen and oxygen atoms in total. The van der Waals surface area contributed by atoms with Crippen LogP contribution >= 0.6 is 0 Å². The zero-order valence-electron chi connectivity index (χ0n) is 10.2. The Morgan fingerprint density at radius 3 is 2.65 bits per heavy atom. The summed E-state index contributed by atoms with van der Waals surface area (Å²) in [6.45, 7) is 4.58. The molecule has 0 aliphatic carbocycles. The summed E-state index contributed by atoms with van der Waals surface area (Å²) in [6.07, 6.45) is 1.02. The third kappa shape index (κ3) is 3.14. The van der Waals surface area contributed by atoms with Crippen molar-refractivity contribution in [3.8, 4) is 0 Å². The van der Waals surface area contributed by atoms with Gasteiger partial charge in [0.25, 0.3) is 0 Å². The van der Waals surface area contributed by atoms with Crippen molar-refractivity contribution in [2.75, 3.05) is 0 Å². The summed E-state index contributed by atoms with van der Waals surface area (Å²) in [5, 5.41) is 7.19. The van der Waals surface area contributed by atoms with E-state index in [2.05, 4.69) is 46.6 Å². The molecule has 0 aliphatic rings. The van der Waals surface area contributed by atoms with Crippen LogP contribution in [0.4, 0.5) is 0 Å². The standard InChI is InChI=1S/C13H17N3O/c1-3-12(11-7-5-4-6-8-11)14-9-13-15-10(2)16-17-13/h4-8,12,14H,3,9H2,1-2H3. The quantitative estimate of drug-likeness (QED) is 0.859. The highest BCUT2D eigenvalue weighted by molar-refractivity contribution is 5.18. The first kappa shape index (κ1) is 11.8. The van der Waals surface area contributed by atoms with E-state index in [1.165, 1.54) is 5.56 Å². The summed E-state index contributed by atoms with van der Waals surface area (Å²) >= 11 is 0. The van der Waals surface area contributed by atoms with E-state index in [1.54, 1.807) is 0 Å². The molecule has 90 valence electrons. The number of nitrogens with zero attached hydrogens (tertiary/aromatic N) is 2. The van der Waals surface area contributed by atoms with E-state index in [9.17, 15) is 0 Å². The molecule has 0 saturated carbocycles. The van der Waals surface area contributed by atoms with E-state index in [-0.39, 0.29) is 0 Å². The van der Waals surface area contributed by atoms with Gasteiger partial charge in [0.1, 0.15) is 0 Å². The molecular weight excluding hydrogens is 214 g/mol. The molecule has 2 rings (SSSR count). The maximum Gasteiger partial charge on any atom is 0.240 e. The molecular formula is C13H17N3O. The number of nitrogens with one attached hydrogen (secondary N) is 1. The minimum Gasteiger partial charge on any atom is -0.338 e. The maximum atomic E-state index is 5.07. The van der Waals surface area contributed by atoms with Crippen LogP contribution in [-0.4, -0.2) is 10.1 Å². The van der Waals surface area contributed by atoms with Gasteiger partial charge in [0, 0.05) is 6.04 Å². The monoisotopic (exact) mass is 231 g/mol. The van der Waals surface area contributed by atoms with Gasteiger partial charge in [-0.1, -0.05) is 42.4 Å². The lowest BCUT2D eigenvalue weighted by molar-refractivity contribution is 0.353. The van der Waals surface area contributed by atoms with Crippen LogP contribution < -0.4 is 5.32 Å². The van der Waals surface area contributed by atoms with Crippen LogP contribution in [0.3, 0.4) is 0 Å². The third-order valence-corrected chi connectivity index (χ3v) is 2.68. The topological polar surface area (TPSA) is 51.0 Å². The highest BCUT2D eigenvalue weighted by Crippen LogP contribution is 2.16. The Morgan fingerprint density at radius 1 is 1.29 bits per heavy atom. The number of aromatic nitrogens is 2. The van der Waals surface area contributed by atoms with Crippen molar-refractivity contribution in [3.05, 3.63) is 47.6 Å². The molecule has 1 aromatic heterocycles. The van der Waals surface area contributed by atoms with Gasteiger partial charge in [0.2, 0.25) is 5.89 Å². The van der Waals surface area contributed by atoms with E-state index in [1.807, 2.05) is 13.0 Å². The van der Waals surface area contributed by atoms with Crippen LogP contribution in [-0.2, 0) is 6.54 Å². The Bertz CT molecular complexity index is 453. The molecule has 1 unspecified atom stereocenters. The third-order valence-electron chi connectivity index (χ3n) is 2.68. The molecule has 1 aromatic carbocycles. The molecule has 1 heterocycles. The van der Waals surface area contributed by atoms with Crippen LogP contribution in [0.1, 0.15) is 36.7 Å². The normalized spacial score (nSPS) is 12.6. The van der Waals surface area contributed by atoms with Gasteiger partial charge in [-0.15, -0.1) is 0 Å². The predicted molar refractivity (Wildman–Crippen MR) is 65.3 cm³/mol. The zero-order chi connectivity index (χ0) is 12.1. The average molecular weight is 231 g/mol. The number of aryl methyl sites for hydroxylation is 1. The van der Waals surface area contributed by atoms with Crippen LogP contribution in [0, 0.1) is 6.92 Å². The predicted octanol–water partition coefficient (Wildman–Crippen LogP) is 2.62. The second-order valence-corrected chi connectivity index (χ2v) is 3.99. The molecule has 0 radical (unpaired) electrons. The SMILES string of the molecule is CCC(NCc1nc(C)no1)c1ccccc1. The van der Waals surface area contributed by atoms with Crippen molar-refractivity contribution in [2.24, 2.45) is 0 Å². The van der Waals surface area contributed by atoms with E-state index in [0.717, 1.165) is 6.42 Å². The summed E-state index contributed by atoms with van der Waals surface area (Å²) in [7, 11) is 0. The fourth-order valence-electron chi connectivity index (χ4n) is 1.81. The van der Waals surface area contributed by atoms with Crippen LogP contribution in [0.15, 0.2) is 34.9 Å². The van der Waals surface area contributed by atoms with Crippen LogP contribution in [0.2, 0.25) is 0 Å². The summed E-state index contributed by atoms with van der Waals surface area (Å²) in [6, 6.07) is 10.7. The van der Waals surface area contributed by atoms with Crippen molar-refractivity contribution in [1.82, 2.24) is 15.5 Å². The van der Waals surface area contributed by atoms with E-state index in [0.29, 0.717) is 24.3 Å². The zero-order valence-corrected chi connectivity index (χ0v) is 10.2. The second kappa shape index (κ2) is 5.59. The van der Waals surface area contributed by atoms with E-state index >= 15 is 0 Å². The Hall–Kier alpha value is -1.68. The first-order valence-corrected chi connectivity index (χ1v) is 5.87. The largest absolute Gasteiger partial charge is 0.338 e. The molecule has 0 bridgehead atoms. The van der Waals surface area contributed by atoms with Crippen molar-refractivity contribution < 1.29 is 4.52 Å². The lowest BCUT2D eigenvalue weighted by atomic mass is 10.0. The average Bonchev–Trinajstić information content (AvgIpc) is 2.77. The smallest absolute Gasteiger partial charge is 0.240 e.